The highest BCUT2D eigenvalue weighted by atomic mass is 19.3. The maximum atomic E-state index is 15.2. The van der Waals surface area contributed by atoms with Crippen LogP contribution in [0.5, 0.6) is 5.75 Å². The number of hydrogen-bond donors (Lipinski definition) is 2. The third kappa shape index (κ3) is 7.51. The predicted octanol–water partition coefficient (Wildman–Crippen LogP) is 6.13. The number of rotatable bonds is 7. The van der Waals surface area contributed by atoms with Gasteiger partial charge in [-0.2, -0.15) is 14.0 Å². The Kier molecular flexibility index (Phi) is 9.73. The lowest BCUT2D eigenvalue weighted by molar-refractivity contribution is -0.129. The van der Waals surface area contributed by atoms with E-state index in [-0.39, 0.29) is 41.3 Å². The number of hydrogen-bond acceptors (Lipinski definition) is 8. The molecule has 0 saturated carbocycles. The van der Waals surface area contributed by atoms with E-state index in [9.17, 15) is 19.6 Å². The van der Waals surface area contributed by atoms with E-state index in [2.05, 4.69) is 16.8 Å². The number of carbonyl (C=O) groups excluding carboxylic acids is 3. The third-order valence-corrected chi connectivity index (χ3v) is 9.04. The summed E-state index contributed by atoms with van der Waals surface area (Å²) in [5.74, 6) is -4.47. The van der Waals surface area contributed by atoms with Crippen LogP contribution in [-0.4, -0.2) is 65.2 Å². The van der Waals surface area contributed by atoms with Crippen molar-refractivity contribution in [1.29, 1.82) is 5.26 Å². The second kappa shape index (κ2) is 14.0. The van der Waals surface area contributed by atoms with Gasteiger partial charge in [0.2, 0.25) is 5.91 Å². The number of hydrazine groups is 1. The molecule has 2 N–H and O–H groups in total. The van der Waals surface area contributed by atoms with Gasteiger partial charge in [-0.05, 0) is 58.0 Å². The number of piperidine rings is 1. The molecule has 2 saturated heterocycles. The van der Waals surface area contributed by atoms with Crippen LogP contribution < -0.4 is 20.4 Å². The van der Waals surface area contributed by atoms with Gasteiger partial charge in [-0.1, -0.05) is 42.5 Å². The van der Waals surface area contributed by atoms with E-state index in [4.69, 9.17) is 9.47 Å². The lowest BCUT2D eigenvalue weighted by Gasteiger charge is -2.36. The zero-order chi connectivity index (χ0) is 36.5. The van der Waals surface area contributed by atoms with Gasteiger partial charge in [0.25, 0.3) is 11.8 Å². The first-order chi connectivity index (χ1) is 24.2. The number of amides is 3. The number of fused-ring (bicyclic) bond motifs is 1. The molecule has 0 bridgehead atoms. The fourth-order valence-corrected chi connectivity index (χ4v) is 6.49. The Hall–Kier alpha value is -5.48. The monoisotopic (exact) mass is 698 g/mol. The number of nitrogens with one attached hydrogen (secondary N) is 2. The molecular formula is C38H40F2N6O5. The van der Waals surface area contributed by atoms with E-state index < -0.39 is 29.4 Å². The number of nitriles is 1. The molecule has 3 aromatic rings. The highest BCUT2D eigenvalue weighted by Gasteiger charge is 2.47. The number of halogens is 2. The van der Waals surface area contributed by atoms with E-state index in [1.54, 1.807) is 53.4 Å². The van der Waals surface area contributed by atoms with Crippen molar-refractivity contribution >= 4 is 29.3 Å². The molecule has 0 radical (unpaired) electrons. The van der Waals surface area contributed by atoms with Crippen molar-refractivity contribution < 1.29 is 32.6 Å². The SMILES string of the molecule is CC1=CN2NC[C@H](C(=O)Nc3ccc(OC4CCN(C(=O)OC(C)(C)C)CC4)c(C#N)c3)C2C(=O)N1c1ccc(C(F)(F)c2ccccc2)cc1. The molecule has 0 aromatic heterocycles. The normalized spacial score (nSPS) is 19.6. The summed E-state index contributed by atoms with van der Waals surface area (Å²) in [5.41, 5.74) is 3.72. The van der Waals surface area contributed by atoms with Crippen molar-refractivity contribution in [3.63, 3.8) is 0 Å². The fraction of sp³-hybridized carbons (Fsp3) is 0.368. The standard InChI is InChI=1S/C38H40F2N6O5/c1-24-23-45-33(35(48)46(24)29-13-10-27(11-14-29)38(39,40)26-8-6-5-7-9-26)31(22-42-45)34(47)43-28-12-15-32(25(20-28)21-41)50-30-16-18-44(19-17-30)36(49)51-37(2,3)4/h5-15,20,23,30-31,33,42H,16-19,22H2,1-4H3,(H,43,47)/t31-,33?/m0/s1. The molecule has 6 rings (SSSR count). The topological polar surface area (TPSA) is 127 Å². The van der Waals surface area contributed by atoms with Gasteiger partial charge in [0.15, 0.2) is 0 Å². The number of benzene rings is 3. The van der Waals surface area contributed by atoms with Gasteiger partial charge < -0.3 is 24.7 Å². The molecule has 0 aliphatic carbocycles. The van der Waals surface area contributed by atoms with Crippen molar-refractivity contribution in [2.75, 3.05) is 29.9 Å². The van der Waals surface area contributed by atoms with Crippen molar-refractivity contribution in [2.45, 2.75) is 64.2 Å². The first-order valence-corrected chi connectivity index (χ1v) is 16.8. The number of ether oxygens (including phenoxy) is 2. The van der Waals surface area contributed by atoms with Gasteiger partial charge in [0, 0.05) is 66.9 Å². The van der Waals surface area contributed by atoms with Crippen LogP contribution >= 0.6 is 0 Å². The highest BCUT2D eigenvalue weighted by Crippen LogP contribution is 2.38. The molecule has 266 valence electrons. The Morgan fingerprint density at radius 3 is 2.29 bits per heavy atom. The molecule has 13 heteroatoms. The van der Waals surface area contributed by atoms with Crippen LogP contribution in [0, 0.1) is 17.2 Å². The smallest absolute Gasteiger partial charge is 0.410 e. The quantitative estimate of drug-likeness (QED) is 0.302. The lowest BCUT2D eigenvalue weighted by atomic mass is 9.96. The summed E-state index contributed by atoms with van der Waals surface area (Å²) < 4.78 is 41.9. The van der Waals surface area contributed by atoms with Crippen LogP contribution in [0.2, 0.25) is 0 Å². The van der Waals surface area contributed by atoms with Crippen LogP contribution in [-0.2, 0) is 20.2 Å². The molecule has 0 spiro atoms. The minimum Gasteiger partial charge on any atom is -0.489 e. The second-order valence-electron chi connectivity index (χ2n) is 13.8. The average Bonchev–Trinajstić information content (AvgIpc) is 3.53. The Morgan fingerprint density at radius 2 is 1.65 bits per heavy atom. The van der Waals surface area contributed by atoms with Crippen molar-refractivity contribution in [3.05, 3.63) is 101 Å². The lowest BCUT2D eigenvalue weighted by Crippen LogP contribution is -2.53. The van der Waals surface area contributed by atoms with Gasteiger partial charge in [-0.3, -0.25) is 14.5 Å². The Labute approximate surface area is 295 Å². The zero-order valence-electron chi connectivity index (χ0n) is 28.9. The third-order valence-electron chi connectivity index (χ3n) is 9.04. The van der Waals surface area contributed by atoms with Crippen LogP contribution in [0.3, 0.4) is 0 Å². The average molecular weight is 699 g/mol. The molecule has 3 amide bonds. The van der Waals surface area contributed by atoms with Gasteiger partial charge in [-0.25, -0.2) is 10.2 Å². The van der Waals surface area contributed by atoms with Crippen LogP contribution in [0.1, 0.15) is 57.2 Å². The molecular weight excluding hydrogens is 658 g/mol. The van der Waals surface area contributed by atoms with Crippen LogP contribution in [0.25, 0.3) is 0 Å². The van der Waals surface area contributed by atoms with Gasteiger partial charge in [-0.15, -0.1) is 0 Å². The zero-order valence-corrected chi connectivity index (χ0v) is 28.9. The van der Waals surface area contributed by atoms with Crippen LogP contribution in [0.15, 0.2) is 84.7 Å². The molecule has 2 atom stereocenters. The predicted molar refractivity (Wildman–Crippen MR) is 185 cm³/mol. The van der Waals surface area contributed by atoms with E-state index in [0.717, 1.165) is 0 Å². The maximum Gasteiger partial charge on any atom is 0.410 e. The maximum absolute atomic E-state index is 15.2. The van der Waals surface area contributed by atoms with Crippen molar-refractivity contribution in [3.8, 4) is 11.8 Å². The number of alkyl halides is 2. The number of likely N-dealkylation sites (tertiary alicyclic amines) is 1. The van der Waals surface area contributed by atoms with E-state index >= 15 is 8.78 Å². The van der Waals surface area contributed by atoms with Crippen molar-refractivity contribution in [1.82, 2.24) is 15.3 Å². The van der Waals surface area contributed by atoms with Crippen molar-refractivity contribution in [2.24, 2.45) is 5.92 Å². The summed E-state index contributed by atoms with van der Waals surface area (Å²) in [7, 11) is 0. The van der Waals surface area contributed by atoms with Gasteiger partial charge in [0.05, 0.1) is 11.5 Å². The molecule has 51 heavy (non-hydrogen) atoms. The highest BCUT2D eigenvalue weighted by molar-refractivity contribution is 6.05. The first-order valence-electron chi connectivity index (χ1n) is 16.8. The van der Waals surface area contributed by atoms with Gasteiger partial charge >= 0.3 is 6.09 Å². The van der Waals surface area contributed by atoms with E-state index in [1.807, 2.05) is 20.8 Å². The molecule has 2 fully saturated rings. The summed E-state index contributed by atoms with van der Waals surface area (Å²) in [6, 6.07) is 19.1. The van der Waals surface area contributed by atoms with E-state index in [1.165, 1.54) is 47.4 Å². The molecule has 3 aromatic carbocycles. The number of nitrogens with zero attached hydrogens (tertiary/aromatic N) is 4. The number of allylic oxidation sites excluding steroid dienone is 1. The molecule has 3 aliphatic rings. The summed E-state index contributed by atoms with van der Waals surface area (Å²) in [6.07, 6.45) is 2.27. The van der Waals surface area contributed by atoms with Gasteiger partial charge in [0.1, 0.15) is 29.6 Å². The summed E-state index contributed by atoms with van der Waals surface area (Å²) in [5, 5.41) is 14.3. The second-order valence-corrected chi connectivity index (χ2v) is 13.8. The largest absolute Gasteiger partial charge is 0.489 e. The Morgan fingerprint density at radius 1 is 0.980 bits per heavy atom. The Bertz CT molecular complexity index is 1860. The Balaban J connectivity index is 1.10. The molecule has 1 unspecified atom stereocenters. The number of anilines is 2. The molecule has 3 aliphatic heterocycles. The minimum atomic E-state index is -3.22. The first kappa shape index (κ1) is 35.3. The molecule has 3 heterocycles. The minimum absolute atomic E-state index is 0.133. The summed E-state index contributed by atoms with van der Waals surface area (Å²) in [4.78, 5) is 43.0. The molecule has 11 nitrogen and oxygen atoms in total. The number of carbonyl (C=O) groups is 3. The fourth-order valence-electron chi connectivity index (χ4n) is 6.49. The van der Waals surface area contributed by atoms with E-state index in [0.29, 0.717) is 48.8 Å². The summed E-state index contributed by atoms with van der Waals surface area (Å²) in [6.45, 7) is 8.29. The summed E-state index contributed by atoms with van der Waals surface area (Å²) >= 11 is 0. The van der Waals surface area contributed by atoms with Crippen LogP contribution in [0.4, 0.5) is 25.0 Å².